The molecule has 8 heteroatoms. The van der Waals surface area contributed by atoms with Crippen molar-refractivity contribution in [2.75, 3.05) is 0 Å². The summed E-state index contributed by atoms with van der Waals surface area (Å²) in [6, 6.07) is 11.9. The number of imidazole rings is 1. The Kier molecular flexibility index (Phi) is 3.97. The Morgan fingerprint density at radius 1 is 1.28 bits per heavy atom. The standard InChI is InChI=1S/C17H12BrClF2N2O2/c18-13-8-14-22-10-5-1-2-6-11(10)23(14)17(13,24)9-4-3-7-12(15(9)19)25-16(20)21/h1-7,13,16,24H,8H2/t13?,17-/m1/s1. The van der Waals surface area contributed by atoms with Crippen molar-refractivity contribution in [2.45, 2.75) is 23.6 Å². The molecule has 25 heavy (non-hydrogen) atoms. The van der Waals surface area contributed by atoms with Gasteiger partial charge in [0.2, 0.25) is 0 Å². The van der Waals surface area contributed by atoms with Crippen molar-refractivity contribution >= 4 is 38.6 Å². The van der Waals surface area contributed by atoms with Crippen LogP contribution in [0.4, 0.5) is 8.78 Å². The first-order valence-corrected chi connectivity index (χ1v) is 8.79. The molecule has 1 unspecified atom stereocenters. The molecular weight excluding hydrogens is 418 g/mol. The summed E-state index contributed by atoms with van der Waals surface area (Å²) in [5, 5.41) is 11.5. The van der Waals surface area contributed by atoms with Crippen molar-refractivity contribution in [1.82, 2.24) is 9.55 Å². The third-order valence-electron chi connectivity index (χ3n) is 4.35. The lowest BCUT2D eigenvalue weighted by atomic mass is 9.99. The zero-order chi connectivity index (χ0) is 17.8. The second kappa shape index (κ2) is 5.93. The molecule has 3 aromatic rings. The highest BCUT2D eigenvalue weighted by Crippen LogP contribution is 2.46. The van der Waals surface area contributed by atoms with E-state index < -0.39 is 17.2 Å². The van der Waals surface area contributed by atoms with E-state index in [0.717, 1.165) is 11.0 Å². The number of ether oxygens (including phenoxy) is 1. The first-order chi connectivity index (χ1) is 11.9. The fourth-order valence-corrected chi connectivity index (χ4v) is 4.36. The van der Waals surface area contributed by atoms with Crippen molar-refractivity contribution in [3.63, 3.8) is 0 Å². The van der Waals surface area contributed by atoms with Gasteiger partial charge in [-0.15, -0.1) is 0 Å². The number of alkyl halides is 3. The van der Waals surface area contributed by atoms with Crippen LogP contribution in [0.15, 0.2) is 42.5 Å². The summed E-state index contributed by atoms with van der Waals surface area (Å²) in [6.07, 6.45) is 0.460. The summed E-state index contributed by atoms with van der Waals surface area (Å²) in [4.78, 5) is 4.12. The van der Waals surface area contributed by atoms with Gasteiger partial charge in [-0.05, 0) is 18.2 Å². The summed E-state index contributed by atoms with van der Waals surface area (Å²) in [7, 11) is 0. The van der Waals surface area contributed by atoms with Crippen molar-refractivity contribution in [3.05, 3.63) is 58.9 Å². The molecule has 2 atom stereocenters. The van der Waals surface area contributed by atoms with Crippen molar-refractivity contribution in [3.8, 4) is 5.75 Å². The summed E-state index contributed by atoms with van der Waals surface area (Å²) in [5.74, 6) is 0.502. The van der Waals surface area contributed by atoms with E-state index in [1.807, 2.05) is 24.3 Å². The number of hydrogen-bond donors (Lipinski definition) is 1. The summed E-state index contributed by atoms with van der Waals surface area (Å²) < 4.78 is 31.4. The van der Waals surface area contributed by atoms with Gasteiger partial charge in [0.05, 0.1) is 20.9 Å². The predicted octanol–water partition coefficient (Wildman–Crippen LogP) is 4.30. The molecule has 2 aromatic carbocycles. The molecule has 2 heterocycles. The fraction of sp³-hybridized carbons (Fsp3) is 0.235. The topological polar surface area (TPSA) is 47.3 Å². The molecule has 1 N–H and O–H groups in total. The molecule has 4 nitrogen and oxygen atoms in total. The van der Waals surface area contributed by atoms with Crippen LogP contribution in [0.2, 0.25) is 5.02 Å². The van der Waals surface area contributed by atoms with Crippen LogP contribution in [0, 0.1) is 0 Å². The molecule has 130 valence electrons. The maximum absolute atomic E-state index is 12.6. The zero-order valence-electron chi connectivity index (χ0n) is 12.7. The Bertz CT molecular complexity index is 965. The summed E-state index contributed by atoms with van der Waals surface area (Å²) in [5.41, 5.74) is 0.171. The minimum absolute atomic E-state index is 0.0552. The lowest BCUT2D eigenvalue weighted by Crippen LogP contribution is -2.39. The SMILES string of the molecule is O[C@]1(c2cccc(OC(F)F)c2Cl)C(Br)Cc2nc3ccccc3n21. The van der Waals surface area contributed by atoms with Crippen LogP contribution in [0.3, 0.4) is 0 Å². The van der Waals surface area contributed by atoms with Gasteiger partial charge in [0, 0.05) is 12.0 Å². The summed E-state index contributed by atoms with van der Waals surface area (Å²) >= 11 is 9.79. The molecule has 0 saturated heterocycles. The second-order valence-electron chi connectivity index (χ2n) is 5.75. The van der Waals surface area contributed by atoms with Gasteiger partial charge in [-0.2, -0.15) is 8.78 Å². The van der Waals surface area contributed by atoms with E-state index in [-0.39, 0.29) is 16.3 Å². The van der Waals surface area contributed by atoms with Crippen LogP contribution in [0.25, 0.3) is 11.0 Å². The van der Waals surface area contributed by atoms with Crippen molar-refractivity contribution in [2.24, 2.45) is 0 Å². The van der Waals surface area contributed by atoms with E-state index in [1.165, 1.54) is 12.1 Å². The number of hydrogen-bond acceptors (Lipinski definition) is 3. The van der Waals surface area contributed by atoms with E-state index in [2.05, 4.69) is 25.7 Å². The van der Waals surface area contributed by atoms with Crippen LogP contribution in [-0.4, -0.2) is 26.1 Å². The van der Waals surface area contributed by atoms with Crippen LogP contribution in [0.1, 0.15) is 11.4 Å². The lowest BCUT2D eigenvalue weighted by molar-refractivity contribution is -0.0502. The van der Waals surface area contributed by atoms with Gasteiger partial charge in [0.15, 0.2) is 5.72 Å². The van der Waals surface area contributed by atoms with Crippen LogP contribution in [0.5, 0.6) is 5.75 Å². The number of rotatable bonds is 3. The minimum atomic E-state index is -3.00. The van der Waals surface area contributed by atoms with E-state index in [9.17, 15) is 13.9 Å². The Labute approximate surface area is 155 Å². The number of para-hydroxylation sites is 2. The molecule has 1 aliphatic heterocycles. The number of nitrogens with zero attached hydrogens (tertiary/aromatic N) is 2. The first-order valence-electron chi connectivity index (χ1n) is 7.50. The Hall–Kier alpha value is -1.70. The number of halogens is 4. The zero-order valence-corrected chi connectivity index (χ0v) is 15.0. The first kappa shape index (κ1) is 16.8. The normalized spacial score (nSPS) is 22.6. The predicted molar refractivity (Wildman–Crippen MR) is 93.5 cm³/mol. The number of benzene rings is 2. The smallest absolute Gasteiger partial charge is 0.387 e. The number of aliphatic hydroxyl groups is 1. The van der Waals surface area contributed by atoms with Gasteiger partial charge in [0.1, 0.15) is 11.6 Å². The van der Waals surface area contributed by atoms with E-state index in [4.69, 9.17) is 11.6 Å². The number of fused-ring (bicyclic) bond motifs is 3. The minimum Gasteiger partial charge on any atom is -0.433 e. The third kappa shape index (κ3) is 2.45. The largest absolute Gasteiger partial charge is 0.433 e. The second-order valence-corrected chi connectivity index (χ2v) is 7.23. The maximum atomic E-state index is 12.6. The van der Waals surface area contributed by atoms with Crippen molar-refractivity contribution in [1.29, 1.82) is 0 Å². The van der Waals surface area contributed by atoms with Gasteiger partial charge >= 0.3 is 6.61 Å². The average Bonchev–Trinajstić information content (AvgIpc) is 3.04. The third-order valence-corrected chi connectivity index (χ3v) is 5.70. The molecule has 0 aliphatic carbocycles. The molecule has 0 radical (unpaired) electrons. The molecule has 1 aromatic heterocycles. The maximum Gasteiger partial charge on any atom is 0.387 e. The van der Waals surface area contributed by atoms with E-state index in [1.54, 1.807) is 10.6 Å². The van der Waals surface area contributed by atoms with Crippen LogP contribution in [-0.2, 0) is 12.1 Å². The molecule has 0 saturated carbocycles. The highest BCUT2D eigenvalue weighted by Gasteiger charge is 2.49. The quantitative estimate of drug-likeness (QED) is 0.632. The fourth-order valence-electron chi connectivity index (χ4n) is 3.31. The van der Waals surface area contributed by atoms with E-state index in [0.29, 0.717) is 12.2 Å². The monoisotopic (exact) mass is 428 g/mol. The van der Waals surface area contributed by atoms with E-state index >= 15 is 0 Å². The average molecular weight is 430 g/mol. The van der Waals surface area contributed by atoms with Crippen molar-refractivity contribution < 1.29 is 18.6 Å². The summed E-state index contributed by atoms with van der Waals surface area (Å²) in [6.45, 7) is -3.00. The molecule has 4 rings (SSSR count). The van der Waals surface area contributed by atoms with Gasteiger partial charge in [-0.25, -0.2) is 4.98 Å². The van der Waals surface area contributed by atoms with Gasteiger partial charge < -0.3 is 9.84 Å². The molecule has 0 fully saturated rings. The molecular formula is C17H12BrClF2N2O2. The highest BCUT2D eigenvalue weighted by atomic mass is 79.9. The van der Waals surface area contributed by atoms with Gasteiger partial charge in [0.25, 0.3) is 0 Å². The Morgan fingerprint density at radius 3 is 2.80 bits per heavy atom. The molecule has 1 aliphatic rings. The molecule has 0 amide bonds. The van der Waals surface area contributed by atoms with Gasteiger partial charge in [-0.1, -0.05) is 51.8 Å². The number of aromatic nitrogens is 2. The lowest BCUT2D eigenvalue weighted by Gasteiger charge is -2.31. The van der Waals surface area contributed by atoms with Gasteiger partial charge in [-0.3, -0.25) is 4.57 Å². The highest BCUT2D eigenvalue weighted by molar-refractivity contribution is 9.09. The molecule has 0 spiro atoms. The Balaban J connectivity index is 1.94. The Morgan fingerprint density at radius 2 is 2.04 bits per heavy atom. The van der Waals surface area contributed by atoms with Crippen LogP contribution < -0.4 is 4.74 Å². The molecule has 0 bridgehead atoms. The van der Waals surface area contributed by atoms with Crippen LogP contribution >= 0.6 is 27.5 Å².